The van der Waals surface area contributed by atoms with Gasteiger partial charge in [0.2, 0.25) is 0 Å². The molecule has 0 amide bonds. The lowest BCUT2D eigenvalue weighted by Gasteiger charge is -2.14. The molecule has 2 N–H and O–H groups in total. The number of hydrogen-bond donors (Lipinski definition) is 2. The summed E-state index contributed by atoms with van der Waals surface area (Å²) in [5, 5.41) is 4.50. The number of nitrogens with zero attached hydrogens (tertiary/aromatic N) is 1. The molecule has 11 heavy (non-hydrogen) atoms. The van der Waals surface area contributed by atoms with Crippen molar-refractivity contribution >= 4 is 5.78 Å². The van der Waals surface area contributed by atoms with Gasteiger partial charge in [-0.15, -0.1) is 0 Å². The lowest BCUT2D eigenvalue weighted by molar-refractivity contribution is -0.114. The van der Waals surface area contributed by atoms with Crippen LogP contribution in [-0.4, -0.2) is 31.9 Å². The molecule has 0 aliphatic heterocycles. The first-order chi connectivity index (χ1) is 5.07. The predicted molar refractivity (Wildman–Crippen MR) is 44.6 cm³/mol. The maximum absolute atomic E-state index is 10.9. The highest BCUT2D eigenvalue weighted by Gasteiger charge is 2.01. The van der Waals surface area contributed by atoms with E-state index in [4.69, 9.17) is 0 Å². The number of hydrazine groups is 1. The fourth-order valence-corrected chi connectivity index (χ4v) is 0.598. The van der Waals surface area contributed by atoms with Crippen LogP contribution >= 0.6 is 0 Å². The van der Waals surface area contributed by atoms with E-state index in [0.717, 1.165) is 0 Å². The molecule has 0 heterocycles. The highest BCUT2D eigenvalue weighted by Crippen LogP contribution is 1.88. The largest absolute Gasteiger partial charge is 0.392 e. The molecule has 64 valence electrons. The molecular weight excluding hydrogens is 142 g/mol. The highest BCUT2D eigenvalue weighted by atomic mass is 16.1. The van der Waals surface area contributed by atoms with Crippen molar-refractivity contribution in [1.29, 1.82) is 0 Å². The van der Waals surface area contributed by atoms with Gasteiger partial charge in [-0.1, -0.05) is 0 Å². The molecule has 0 aromatic rings. The van der Waals surface area contributed by atoms with Crippen LogP contribution in [-0.2, 0) is 4.79 Å². The lowest BCUT2D eigenvalue weighted by atomic mass is 10.3. The van der Waals surface area contributed by atoms with Crippen molar-refractivity contribution in [2.45, 2.75) is 6.92 Å². The zero-order valence-corrected chi connectivity index (χ0v) is 7.43. The Hall–Kier alpha value is -1.03. The molecule has 0 aliphatic carbocycles. The van der Waals surface area contributed by atoms with E-state index < -0.39 is 0 Å². The summed E-state index contributed by atoms with van der Waals surface area (Å²) in [4.78, 5) is 10.9. The molecule has 0 radical (unpaired) electrons. The number of hydrogen-bond acceptors (Lipinski definition) is 4. The second-order valence-corrected chi connectivity index (χ2v) is 2.41. The van der Waals surface area contributed by atoms with Gasteiger partial charge in [0.1, 0.15) is 5.70 Å². The van der Waals surface area contributed by atoms with Crippen molar-refractivity contribution in [3.05, 3.63) is 11.9 Å². The van der Waals surface area contributed by atoms with Crippen LogP contribution in [0, 0.1) is 0 Å². The number of allylic oxidation sites excluding steroid dienone is 1. The minimum Gasteiger partial charge on any atom is -0.392 e. The maximum atomic E-state index is 10.9. The van der Waals surface area contributed by atoms with Gasteiger partial charge in [-0.05, 0) is 0 Å². The monoisotopic (exact) mass is 157 g/mol. The Bertz CT molecular complexity index is 163. The van der Waals surface area contributed by atoms with E-state index in [2.05, 4.69) is 10.7 Å². The van der Waals surface area contributed by atoms with Crippen LogP contribution in [0.25, 0.3) is 0 Å². The molecule has 4 heteroatoms. The highest BCUT2D eigenvalue weighted by molar-refractivity contribution is 5.92. The van der Waals surface area contributed by atoms with Crippen LogP contribution in [0.1, 0.15) is 6.92 Å². The van der Waals surface area contributed by atoms with E-state index in [0.29, 0.717) is 5.70 Å². The third kappa shape index (κ3) is 4.38. The van der Waals surface area contributed by atoms with E-state index in [9.17, 15) is 4.79 Å². The minimum atomic E-state index is 0.00745. The molecule has 0 saturated heterocycles. The molecule has 0 saturated carbocycles. The Kier molecular flexibility index (Phi) is 4.29. The first-order valence-electron chi connectivity index (χ1n) is 3.40. The second kappa shape index (κ2) is 4.73. The van der Waals surface area contributed by atoms with Gasteiger partial charge in [-0.25, -0.2) is 5.01 Å². The maximum Gasteiger partial charge on any atom is 0.178 e. The predicted octanol–water partition coefficient (Wildman–Crippen LogP) is -0.298. The second-order valence-electron chi connectivity index (χ2n) is 2.41. The van der Waals surface area contributed by atoms with Crippen LogP contribution < -0.4 is 10.7 Å². The van der Waals surface area contributed by atoms with E-state index >= 15 is 0 Å². The Balaban J connectivity index is 4.12. The van der Waals surface area contributed by atoms with Gasteiger partial charge in [0.25, 0.3) is 0 Å². The first-order valence-corrected chi connectivity index (χ1v) is 3.40. The van der Waals surface area contributed by atoms with Crippen molar-refractivity contribution in [1.82, 2.24) is 15.8 Å². The number of nitrogens with one attached hydrogen (secondary N) is 2. The minimum absolute atomic E-state index is 0.00745. The van der Waals surface area contributed by atoms with Gasteiger partial charge >= 0.3 is 0 Å². The van der Waals surface area contributed by atoms with Gasteiger partial charge in [-0.2, -0.15) is 0 Å². The Morgan fingerprint density at radius 3 is 2.27 bits per heavy atom. The molecule has 0 bridgehead atoms. The van der Waals surface area contributed by atoms with Gasteiger partial charge < -0.3 is 10.7 Å². The molecule has 0 aliphatic rings. The van der Waals surface area contributed by atoms with Crippen LogP contribution in [0.15, 0.2) is 11.9 Å². The van der Waals surface area contributed by atoms with Gasteiger partial charge in [0, 0.05) is 34.3 Å². The fourth-order valence-electron chi connectivity index (χ4n) is 0.598. The van der Waals surface area contributed by atoms with Crippen molar-refractivity contribution in [2.24, 2.45) is 0 Å². The van der Waals surface area contributed by atoms with E-state index in [-0.39, 0.29) is 5.78 Å². The Morgan fingerprint density at radius 2 is 2.00 bits per heavy atom. The molecule has 0 unspecified atom stereocenters. The van der Waals surface area contributed by atoms with E-state index in [1.807, 2.05) is 14.1 Å². The average molecular weight is 157 g/mol. The van der Waals surface area contributed by atoms with E-state index in [1.54, 1.807) is 18.3 Å². The molecular formula is C7H15N3O. The third-order valence-electron chi connectivity index (χ3n) is 1.01. The van der Waals surface area contributed by atoms with Crippen molar-refractivity contribution in [2.75, 3.05) is 21.1 Å². The number of ketones is 1. The molecule has 0 spiro atoms. The quantitative estimate of drug-likeness (QED) is 0.434. The average Bonchev–Trinajstić information content (AvgIpc) is 1.86. The molecule has 0 rings (SSSR count). The summed E-state index contributed by atoms with van der Waals surface area (Å²) >= 11 is 0. The molecule has 0 aromatic carbocycles. The summed E-state index contributed by atoms with van der Waals surface area (Å²) in [6.45, 7) is 1.51. The summed E-state index contributed by atoms with van der Waals surface area (Å²) < 4.78 is 0. The van der Waals surface area contributed by atoms with Crippen LogP contribution in [0.2, 0.25) is 0 Å². The summed E-state index contributed by atoms with van der Waals surface area (Å²) in [6, 6.07) is 0. The summed E-state index contributed by atoms with van der Waals surface area (Å²) in [5.74, 6) is 0.00745. The van der Waals surface area contributed by atoms with Crippen molar-refractivity contribution in [3.63, 3.8) is 0 Å². The van der Waals surface area contributed by atoms with Crippen LogP contribution in [0.5, 0.6) is 0 Å². The summed E-state index contributed by atoms with van der Waals surface area (Å²) in [5.41, 5.74) is 3.42. The normalized spacial score (nSPS) is 11.5. The summed E-state index contributed by atoms with van der Waals surface area (Å²) in [7, 11) is 5.40. The zero-order valence-electron chi connectivity index (χ0n) is 7.43. The van der Waals surface area contributed by atoms with Gasteiger partial charge in [-0.3, -0.25) is 4.79 Å². The molecule has 0 atom stereocenters. The standard InChI is InChI=1S/C7H15N3O/c1-6(11)7(5-8-2)9-10(3)4/h5,8-9H,1-4H3. The lowest BCUT2D eigenvalue weighted by Crippen LogP contribution is -2.33. The summed E-state index contributed by atoms with van der Waals surface area (Å²) in [6.07, 6.45) is 1.63. The molecule has 0 fully saturated rings. The fraction of sp³-hybridized carbons (Fsp3) is 0.571. The Morgan fingerprint density at radius 1 is 1.45 bits per heavy atom. The van der Waals surface area contributed by atoms with Crippen molar-refractivity contribution in [3.8, 4) is 0 Å². The number of rotatable bonds is 4. The van der Waals surface area contributed by atoms with Crippen LogP contribution in [0.3, 0.4) is 0 Å². The molecule has 0 aromatic heterocycles. The third-order valence-corrected chi connectivity index (χ3v) is 1.01. The number of carbonyl (C=O) groups is 1. The van der Waals surface area contributed by atoms with Crippen molar-refractivity contribution < 1.29 is 4.79 Å². The number of carbonyl (C=O) groups excluding carboxylic acids is 1. The zero-order chi connectivity index (χ0) is 8.85. The Labute approximate surface area is 67.2 Å². The molecule has 4 nitrogen and oxygen atoms in total. The first kappa shape index (κ1) is 9.97. The van der Waals surface area contributed by atoms with Gasteiger partial charge in [0.15, 0.2) is 5.78 Å². The topological polar surface area (TPSA) is 44.4 Å². The smallest absolute Gasteiger partial charge is 0.178 e. The van der Waals surface area contributed by atoms with Crippen LogP contribution in [0.4, 0.5) is 0 Å². The van der Waals surface area contributed by atoms with E-state index in [1.165, 1.54) is 6.92 Å². The number of Topliss-reactive ketones (excluding diaryl/α,β-unsaturated/α-hetero) is 1. The SMILES string of the molecule is CNC=C(NN(C)C)C(C)=O. The van der Waals surface area contributed by atoms with Gasteiger partial charge in [0.05, 0.1) is 0 Å².